The molecule has 1 N–H and O–H groups in total. The summed E-state index contributed by atoms with van der Waals surface area (Å²) in [6.07, 6.45) is 4.30. The third-order valence-electron chi connectivity index (χ3n) is 3.01. The van der Waals surface area contributed by atoms with Crippen LogP contribution in [0.2, 0.25) is 0 Å². The molecule has 1 aromatic heterocycles. The fourth-order valence-corrected chi connectivity index (χ4v) is 2.16. The zero-order chi connectivity index (χ0) is 14.1. The number of hydrogen-bond donors (Lipinski definition) is 1. The summed E-state index contributed by atoms with van der Waals surface area (Å²) in [5.41, 5.74) is 2.44. The molecule has 19 heavy (non-hydrogen) atoms. The summed E-state index contributed by atoms with van der Waals surface area (Å²) >= 11 is 0. The topological polar surface area (TPSA) is 28.2 Å². The molecule has 1 heterocycles. The van der Waals surface area contributed by atoms with Gasteiger partial charge in [0.05, 0.1) is 5.69 Å². The van der Waals surface area contributed by atoms with Gasteiger partial charge in [-0.15, -0.1) is 0 Å². The molecule has 3 heteroatoms. The lowest BCUT2D eigenvalue weighted by atomic mass is 10.2. The maximum Gasteiger partial charge on any atom is 0.0562 e. The summed E-state index contributed by atoms with van der Waals surface area (Å²) in [6, 6.07) is 4.34. The van der Waals surface area contributed by atoms with E-state index in [4.69, 9.17) is 0 Å². The maximum absolute atomic E-state index is 4.45. The van der Waals surface area contributed by atoms with Crippen molar-refractivity contribution in [3.63, 3.8) is 0 Å². The van der Waals surface area contributed by atoms with Crippen LogP contribution in [0.25, 0.3) is 0 Å². The number of nitrogens with zero attached hydrogens (tertiary/aromatic N) is 2. The van der Waals surface area contributed by atoms with Crippen LogP contribution in [0.3, 0.4) is 0 Å². The Bertz CT molecular complexity index is 344. The van der Waals surface area contributed by atoms with Gasteiger partial charge in [-0.2, -0.15) is 0 Å². The second-order valence-electron chi connectivity index (χ2n) is 5.52. The first-order valence-corrected chi connectivity index (χ1v) is 7.58. The maximum atomic E-state index is 4.45. The molecule has 0 radical (unpaired) electrons. The van der Waals surface area contributed by atoms with Crippen LogP contribution in [-0.2, 0) is 6.54 Å². The zero-order valence-corrected chi connectivity index (χ0v) is 12.9. The van der Waals surface area contributed by atoms with E-state index in [1.54, 1.807) is 0 Å². The molecule has 0 saturated heterocycles. The summed E-state index contributed by atoms with van der Waals surface area (Å²) in [5.74, 6) is 0.680. The summed E-state index contributed by atoms with van der Waals surface area (Å²) < 4.78 is 0. The summed E-state index contributed by atoms with van der Waals surface area (Å²) in [4.78, 5) is 6.90. The molecule has 3 nitrogen and oxygen atoms in total. The van der Waals surface area contributed by atoms with E-state index in [0.29, 0.717) is 5.92 Å². The van der Waals surface area contributed by atoms with Crippen LogP contribution in [0.5, 0.6) is 0 Å². The number of aromatic nitrogens is 1. The SMILES string of the molecule is CCCN(CCC)c1ccnc(CNCC(C)C)c1. The molecule has 0 aliphatic rings. The quantitative estimate of drug-likeness (QED) is 0.739. The van der Waals surface area contributed by atoms with E-state index in [0.717, 1.165) is 31.9 Å². The Labute approximate surface area is 118 Å². The van der Waals surface area contributed by atoms with Crippen LogP contribution < -0.4 is 10.2 Å². The van der Waals surface area contributed by atoms with E-state index >= 15 is 0 Å². The van der Waals surface area contributed by atoms with Crippen molar-refractivity contribution in [1.82, 2.24) is 10.3 Å². The molecule has 0 atom stereocenters. The molecule has 0 bridgehead atoms. The van der Waals surface area contributed by atoms with Crippen molar-refractivity contribution in [3.8, 4) is 0 Å². The first-order valence-electron chi connectivity index (χ1n) is 7.58. The molecular formula is C16H29N3. The number of hydrogen-bond acceptors (Lipinski definition) is 3. The molecule has 0 fully saturated rings. The third-order valence-corrected chi connectivity index (χ3v) is 3.01. The van der Waals surface area contributed by atoms with Gasteiger partial charge in [0.1, 0.15) is 0 Å². The van der Waals surface area contributed by atoms with E-state index in [1.165, 1.54) is 18.5 Å². The third kappa shape index (κ3) is 6.06. The lowest BCUT2D eigenvalue weighted by Gasteiger charge is -2.24. The van der Waals surface area contributed by atoms with Crippen LogP contribution in [0.1, 0.15) is 46.2 Å². The van der Waals surface area contributed by atoms with Crippen LogP contribution in [-0.4, -0.2) is 24.6 Å². The predicted octanol–water partition coefficient (Wildman–Crippen LogP) is 3.45. The van der Waals surface area contributed by atoms with E-state index in [1.807, 2.05) is 6.20 Å². The molecule has 0 amide bonds. The molecule has 1 rings (SSSR count). The van der Waals surface area contributed by atoms with Gasteiger partial charge in [-0.05, 0) is 37.4 Å². The summed E-state index contributed by atoms with van der Waals surface area (Å²) in [5, 5.41) is 3.45. The first-order chi connectivity index (χ1) is 9.17. The van der Waals surface area contributed by atoms with Crippen molar-refractivity contribution in [1.29, 1.82) is 0 Å². The van der Waals surface area contributed by atoms with Crippen LogP contribution >= 0.6 is 0 Å². The Morgan fingerprint density at radius 1 is 1.21 bits per heavy atom. The Morgan fingerprint density at radius 3 is 2.47 bits per heavy atom. The Hall–Kier alpha value is -1.09. The molecule has 0 aromatic carbocycles. The Kier molecular flexibility index (Phi) is 7.49. The number of nitrogens with one attached hydrogen (secondary N) is 1. The van der Waals surface area contributed by atoms with Gasteiger partial charge < -0.3 is 10.2 Å². The first kappa shape index (κ1) is 16.0. The number of rotatable bonds is 9. The van der Waals surface area contributed by atoms with Crippen LogP contribution in [0, 0.1) is 5.92 Å². The van der Waals surface area contributed by atoms with Crippen LogP contribution in [0.4, 0.5) is 5.69 Å². The minimum atomic E-state index is 0.680. The summed E-state index contributed by atoms with van der Waals surface area (Å²) in [6.45, 7) is 13.1. The van der Waals surface area contributed by atoms with Gasteiger partial charge in [0.2, 0.25) is 0 Å². The molecule has 0 saturated carbocycles. The lowest BCUT2D eigenvalue weighted by molar-refractivity contribution is 0.548. The van der Waals surface area contributed by atoms with Gasteiger partial charge in [0, 0.05) is 31.5 Å². The Balaban J connectivity index is 2.63. The van der Waals surface area contributed by atoms with Crippen LogP contribution in [0.15, 0.2) is 18.3 Å². The molecule has 0 spiro atoms. The predicted molar refractivity (Wildman–Crippen MR) is 83.6 cm³/mol. The van der Waals surface area contributed by atoms with Gasteiger partial charge in [-0.25, -0.2) is 0 Å². The van der Waals surface area contributed by atoms with Crippen molar-refractivity contribution >= 4 is 5.69 Å². The van der Waals surface area contributed by atoms with E-state index in [9.17, 15) is 0 Å². The van der Waals surface area contributed by atoms with E-state index < -0.39 is 0 Å². The highest BCUT2D eigenvalue weighted by Gasteiger charge is 2.05. The fourth-order valence-electron chi connectivity index (χ4n) is 2.16. The normalized spacial score (nSPS) is 11.0. The molecule has 0 aliphatic heterocycles. The van der Waals surface area contributed by atoms with Gasteiger partial charge in [0.25, 0.3) is 0 Å². The van der Waals surface area contributed by atoms with Crippen molar-refractivity contribution in [3.05, 3.63) is 24.0 Å². The molecular weight excluding hydrogens is 234 g/mol. The molecule has 0 unspecified atom stereocenters. The highest BCUT2D eigenvalue weighted by atomic mass is 15.1. The number of anilines is 1. The van der Waals surface area contributed by atoms with Gasteiger partial charge in [0.15, 0.2) is 0 Å². The second-order valence-corrected chi connectivity index (χ2v) is 5.52. The standard InChI is InChI=1S/C16H29N3/c1-5-9-19(10-6-2)16-7-8-18-15(11-16)13-17-12-14(3)4/h7-8,11,14,17H,5-6,9-10,12-13H2,1-4H3. The van der Waals surface area contributed by atoms with Crippen molar-refractivity contribution in [2.75, 3.05) is 24.5 Å². The van der Waals surface area contributed by atoms with Crippen molar-refractivity contribution in [2.24, 2.45) is 5.92 Å². The van der Waals surface area contributed by atoms with E-state index in [-0.39, 0.29) is 0 Å². The van der Waals surface area contributed by atoms with Gasteiger partial charge in [-0.1, -0.05) is 27.7 Å². The van der Waals surface area contributed by atoms with Gasteiger partial charge in [-0.3, -0.25) is 4.98 Å². The minimum absolute atomic E-state index is 0.680. The largest absolute Gasteiger partial charge is 0.371 e. The van der Waals surface area contributed by atoms with Crippen molar-refractivity contribution < 1.29 is 0 Å². The molecule has 108 valence electrons. The molecule has 1 aromatic rings. The second kappa shape index (κ2) is 8.92. The van der Waals surface area contributed by atoms with E-state index in [2.05, 4.69) is 55.0 Å². The van der Waals surface area contributed by atoms with Gasteiger partial charge >= 0.3 is 0 Å². The highest BCUT2D eigenvalue weighted by Crippen LogP contribution is 2.15. The van der Waals surface area contributed by atoms with Crippen molar-refractivity contribution in [2.45, 2.75) is 47.1 Å². The smallest absolute Gasteiger partial charge is 0.0562 e. The highest BCUT2D eigenvalue weighted by molar-refractivity contribution is 5.46. The number of pyridine rings is 1. The average Bonchev–Trinajstić information content (AvgIpc) is 2.38. The Morgan fingerprint density at radius 2 is 1.89 bits per heavy atom. The fraction of sp³-hybridized carbons (Fsp3) is 0.688. The summed E-state index contributed by atoms with van der Waals surface area (Å²) in [7, 11) is 0. The zero-order valence-electron chi connectivity index (χ0n) is 12.9. The average molecular weight is 263 g/mol. The molecule has 0 aliphatic carbocycles. The lowest BCUT2D eigenvalue weighted by Crippen LogP contribution is -2.25. The monoisotopic (exact) mass is 263 g/mol. The minimum Gasteiger partial charge on any atom is -0.371 e.